The van der Waals surface area contributed by atoms with Crippen molar-refractivity contribution in [2.45, 2.75) is 38.7 Å². The molecule has 0 aliphatic carbocycles. The number of primary amides is 1. The third-order valence-electron chi connectivity index (χ3n) is 5.36. The Kier molecular flexibility index (Phi) is 7.02. The quantitative estimate of drug-likeness (QED) is 0.593. The molecule has 6 nitrogen and oxygen atoms in total. The van der Waals surface area contributed by atoms with Gasteiger partial charge in [-0.15, -0.1) is 11.3 Å². The van der Waals surface area contributed by atoms with Gasteiger partial charge in [0.1, 0.15) is 17.5 Å². The van der Waals surface area contributed by atoms with Gasteiger partial charge in [-0.05, 0) is 78.7 Å². The van der Waals surface area contributed by atoms with Gasteiger partial charge in [-0.25, -0.2) is 9.18 Å². The number of nitriles is 1. The number of nitrogens with two attached hydrogens (primary N) is 1. The van der Waals surface area contributed by atoms with E-state index in [0.29, 0.717) is 35.9 Å². The molecule has 1 aromatic heterocycles. The van der Waals surface area contributed by atoms with Crippen LogP contribution in [0, 0.1) is 23.1 Å². The fraction of sp³-hybridized carbons (Fsp3) is 0.409. The van der Waals surface area contributed by atoms with Gasteiger partial charge in [-0.3, -0.25) is 4.79 Å². The first-order valence-electron chi connectivity index (χ1n) is 9.86. The number of ether oxygens (including phenoxy) is 1. The van der Waals surface area contributed by atoms with Gasteiger partial charge in [-0.2, -0.15) is 5.26 Å². The predicted octanol–water partition coefficient (Wildman–Crippen LogP) is 5.30. The smallest absolute Gasteiger partial charge is 0.405 e. The van der Waals surface area contributed by atoms with Crippen molar-refractivity contribution in [1.82, 2.24) is 4.90 Å². The van der Waals surface area contributed by atoms with Crippen molar-refractivity contribution in [2.75, 3.05) is 13.1 Å². The number of amides is 2. The van der Waals surface area contributed by atoms with E-state index in [2.05, 4.69) is 15.9 Å². The van der Waals surface area contributed by atoms with Gasteiger partial charge in [0.15, 0.2) is 0 Å². The molecule has 2 N–H and O–H groups in total. The molecule has 1 aromatic carbocycles. The van der Waals surface area contributed by atoms with Crippen LogP contribution in [0.2, 0.25) is 0 Å². The van der Waals surface area contributed by atoms with Crippen LogP contribution in [0.5, 0.6) is 0 Å². The molecule has 1 aliphatic rings. The average Bonchev–Trinajstić information content (AvgIpc) is 3.08. The number of hydrogen-bond donors (Lipinski definition) is 1. The van der Waals surface area contributed by atoms with Crippen LogP contribution in [0.15, 0.2) is 28.1 Å². The second kappa shape index (κ2) is 9.37. The highest BCUT2D eigenvalue weighted by molar-refractivity contribution is 9.11. The lowest BCUT2D eigenvalue weighted by Crippen LogP contribution is -2.41. The Morgan fingerprint density at radius 3 is 2.61 bits per heavy atom. The van der Waals surface area contributed by atoms with Crippen LogP contribution in [-0.2, 0) is 4.74 Å². The maximum atomic E-state index is 14.0. The van der Waals surface area contributed by atoms with Crippen LogP contribution in [-0.4, -0.2) is 35.6 Å². The second-order valence-electron chi connectivity index (χ2n) is 8.22. The standard InChI is InChI=1S/C22H23BrFN3O3S/c1-22(2,30-21(26)29)11-13-5-7-27(8-6-13)20(28)18-10-16(19(23)31-18)14-3-4-15(12-25)17(24)9-14/h3-4,9-10,13H,5-8,11H2,1-2H3,(H2,26,29). The van der Waals surface area contributed by atoms with Crippen LogP contribution in [0.4, 0.5) is 9.18 Å². The minimum Gasteiger partial charge on any atom is -0.444 e. The topological polar surface area (TPSA) is 96.4 Å². The minimum absolute atomic E-state index is 0.0151. The summed E-state index contributed by atoms with van der Waals surface area (Å²) in [4.78, 5) is 26.5. The summed E-state index contributed by atoms with van der Waals surface area (Å²) >= 11 is 4.79. The minimum atomic E-state index is -0.779. The number of piperidine rings is 1. The fourth-order valence-electron chi connectivity index (χ4n) is 3.95. The summed E-state index contributed by atoms with van der Waals surface area (Å²) < 4.78 is 19.9. The molecule has 0 bridgehead atoms. The molecule has 2 heterocycles. The molecule has 0 atom stereocenters. The third-order valence-corrected chi connectivity index (χ3v) is 7.18. The van der Waals surface area contributed by atoms with Gasteiger partial charge in [0.25, 0.3) is 5.91 Å². The number of benzene rings is 1. The predicted molar refractivity (Wildman–Crippen MR) is 120 cm³/mol. The summed E-state index contributed by atoms with van der Waals surface area (Å²) in [5.74, 6) is -0.306. The zero-order valence-corrected chi connectivity index (χ0v) is 19.7. The molecule has 164 valence electrons. The summed E-state index contributed by atoms with van der Waals surface area (Å²) in [6, 6.07) is 7.98. The number of nitrogens with zero attached hydrogens (tertiary/aromatic N) is 2. The maximum absolute atomic E-state index is 14.0. The highest BCUT2D eigenvalue weighted by Gasteiger charge is 2.31. The van der Waals surface area contributed by atoms with Crippen molar-refractivity contribution in [1.29, 1.82) is 5.26 Å². The Balaban J connectivity index is 1.66. The number of rotatable bonds is 5. The molecule has 2 amide bonds. The first kappa shape index (κ1) is 23.2. The highest BCUT2D eigenvalue weighted by Crippen LogP contribution is 2.38. The van der Waals surface area contributed by atoms with Crippen LogP contribution < -0.4 is 5.73 Å². The van der Waals surface area contributed by atoms with Crippen LogP contribution in [0.1, 0.15) is 48.3 Å². The summed E-state index contributed by atoms with van der Waals surface area (Å²) in [5.41, 5.74) is 5.81. The Morgan fingerprint density at radius 2 is 2.03 bits per heavy atom. The van der Waals surface area contributed by atoms with Crippen molar-refractivity contribution < 1.29 is 18.7 Å². The molecular formula is C22H23BrFN3O3S. The summed E-state index contributed by atoms with van der Waals surface area (Å²) in [5, 5.41) is 8.90. The lowest BCUT2D eigenvalue weighted by Gasteiger charge is -2.35. The van der Waals surface area contributed by atoms with Gasteiger partial charge >= 0.3 is 6.09 Å². The first-order chi connectivity index (χ1) is 14.6. The normalized spacial score (nSPS) is 14.9. The van der Waals surface area contributed by atoms with Crippen LogP contribution in [0.3, 0.4) is 0 Å². The van der Waals surface area contributed by atoms with Crippen LogP contribution in [0.25, 0.3) is 11.1 Å². The van der Waals surface area contributed by atoms with E-state index in [4.69, 9.17) is 15.7 Å². The molecule has 1 saturated heterocycles. The fourth-order valence-corrected chi connectivity index (χ4v) is 5.69. The second-order valence-corrected chi connectivity index (χ2v) is 10.6. The number of likely N-dealkylation sites (tertiary alicyclic amines) is 1. The molecule has 9 heteroatoms. The van der Waals surface area contributed by atoms with Gasteiger partial charge in [-0.1, -0.05) is 6.07 Å². The van der Waals surface area contributed by atoms with Gasteiger partial charge in [0, 0.05) is 18.7 Å². The first-order valence-corrected chi connectivity index (χ1v) is 11.5. The molecule has 2 aromatic rings. The van der Waals surface area contributed by atoms with E-state index >= 15 is 0 Å². The third kappa shape index (κ3) is 5.63. The Morgan fingerprint density at radius 1 is 1.35 bits per heavy atom. The number of hydrogen-bond acceptors (Lipinski definition) is 5. The molecule has 0 radical (unpaired) electrons. The zero-order valence-electron chi connectivity index (χ0n) is 17.3. The maximum Gasteiger partial charge on any atom is 0.405 e. The SMILES string of the molecule is CC(C)(CC1CCN(C(=O)c2cc(-c3ccc(C#N)c(F)c3)c(Br)s2)CC1)OC(N)=O. The zero-order chi connectivity index (χ0) is 22.8. The monoisotopic (exact) mass is 507 g/mol. The summed E-state index contributed by atoms with van der Waals surface area (Å²) in [7, 11) is 0. The van der Waals surface area contributed by atoms with Crippen molar-refractivity contribution in [3.63, 3.8) is 0 Å². The number of thiophene rings is 1. The van der Waals surface area contributed by atoms with Gasteiger partial charge in [0.05, 0.1) is 14.2 Å². The van der Waals surface area contributed by atoms with Crippen molar-refractivity contribution in [3.8, 4) is 17.2 Å². The van der Waals surface area contributed by atoms with E-state index in [1.807, 2.05) is 18.7 Å². The van der Waals surface area contributed by atoms with E-state index in [9.17, 15) is 14.0 Å². The van der Waals surface area contributed by atoms with E-state index < -0.39 is 17.5 Å². The summed E-state index contributed by atoms with van der Waals surface area (Å²) in [6.07, 6.45) is 1.55. The van der Waals surface area contributed by atoms with Gasteiger partial charge in [0.2, 0.25) is 0 Å². The molecule has 31 heavy (non-hydrogen) atoms. The Labute approximate surface area is 192 Å². The van der Waals surface area contributed by atoms with E-state index in [0.717, 1.165) is 22.2 Å². The van der Waals surface area contributed by atoms with Crippen molar-refractivity contribution in [3.05, 3.63) is 44.3 Å². The molecule has 1 aliphatic heterocycles. The van der Waals surface area contributed by atoms with Crippen LogP contribution >= 0.6 is 27.3 Å². The van der Waals surface area contributed by atoms with E-state index in [1.54, 1.807) is 18.2 Å². The number of carbonyl (C=O) groups is 2. The number of halogens is 2. The van der Waals surface area contributed by atoms with E-state index in [-0.39, 0.29) is 11.5 Å². The molecule has 0 unspecified atom stereocenters. The summed E-state index contributed by atoms with van der Waals surface area (Å²) in [6.45, 7) is 4.91. The van der Waals surface area contributed by atoms with Crippen molar-refractivity contribution >= 4 is 39.3 Å². The Bertz CT molecular complexity index is 1040. The highest BCUT2D eigenvalue weighted by atomic mass is 79.9. The Hall–Kier alpha value is -2.44. The molecular weight excluding hydrogens is 485 g/mol. The largest absolute Gasteiger partial charge is 0.444 e. The van der Waals surface area contributed by atoms with E-state index in [1.165, 1.54) is 23.5 Å². The molecule has 3 rings (SSSR count). The average molecular weight is 508 g/mol. The van der Waals surface area contributed by atoms with Crippen molar-refractivity contribution in [2.24, 2.45) is 11.7 Å². The van der Waals surface area contributed by atoms with Gasteiger partial charge < -0.3 is 15.4 Å². The molecule has 0 saturated carbocycles. The number of carbonyl (C=O) groups excluding carboxylic acids is 2. The molecule has 0 spiro atoms. The molecule has 1 fully saturated rings. The lowest BCUT2D eigenvalue weighted by molar-refractivity contribution is 0.0174. The lowest BCUT2D eigenvalue weighted by atomic mass is 9.86.